The Hall–Kier alpha value is -4.73. The fraction of sp³-hybridized carbons (Fsp3) is 0.226. The number of aromatic nitrogens is 1. The molecule has 0 aliphatic carbocycles. The number of pyridine rings is 1. The normalized spacial score (nSPS) is 15.2. The summed E-state index contributed by atoms with van der Waals surface area (Å²) in [4.78, 5) is 41.5. The predicted octanol–water partition coefficient (Wildman–Crippen LogP) is 5.91. The van der Waals surface area contributed by atoms with Gasteiger partial charge in [0, 0.05) is 22.9 Å². The second-order valence-corrected chi connectivity index (χ2v) is 9.78. The van der Waals surface area contributed by atoms with Gasteiger partial charge in [0.2, 0.25) is 5.91 Å². The first-order valence-corrected chi connectivity index (χ1v) is 13.0. The third-order valence-corrected chi connectivity index (χ3v) is 6.90. The van der Waals surface area contributed by atoms with E-state index in [-0.39, 0.29) is 24.3 Å². The number of hydrogen-bond acceptors (Lipinski definition) is 5. The van der Waals surface area contributed by atoms with Gasteiger partial charge in [-0.3, -0.25) is 9.59 Å². The van der Waals surface area contributed by atoms with Gasteiger partial charge < -0.3 is 9.72 Å². The highest BCUT2D eigenvalue weighted by molar-refractivity contribution is 6.13. The minimum absolute atomic E-state index is 0.0174. The summed E-state index contributed by atoms with van der Waals surface area (Å²) in [7, 11) is 0. The second-order valence-electron chi connectivity index (χ2n) is 9.78. The van der Waals surface area contributed by atoms with E-state index < -0.39 is 41.6 Å². The Morgan fingerprint density at radius 1 is 1.05 bits per heavy atom. The van der Waals surface area contributed by atoms with Gasteiger partial charge in [-0.2, -0.15) is 13.9 Å². The number of para-hydroxylation sites is 1. The average molecular weight is 562 g/mol. The molecule has 0 saturated heterocycles. The van der Waals surface area contributed by atoms with Gasteiger partial charge in [0.15, 0.2) is 0 Å². The molecule has 1 aromatic heterocycles. The van der Waals surface area contributed by atoms with Gasteiger partial charge in [0.25, 0.3) is 5.56 Å². The zero-order valence-corrected chi connectivity index (χ0v) is 22.3. The number of aromatic amines is 1. The maximum Gasteiger partial charge on any atom is 0.377 e. The molecule has 0 saturated carbocycles. The zero-order chi connectivity index (χ0) is 29.3. The number of hydrazone groups is 1. The van der Waals surface area contributed by atoms with Crippen LogP contribution in [0.1, 0.15) is 42.5 Å². The van der Waals surface area contributed by atoms with Crippen LogP contribution >= 0.6 is 0 Å². The second kappa shape index (κ2) is 11.0. The quantitative estimate of drug-likeness (QED) is 0.284. The number of nitrogens with zero attached hydrogens (tertiary/aromatic N) is 2. The number of alkyl halides is 2. The van der Waals surface area contributed by atoms with Crippen LogP contribution in [-0.4, -0.2) is 40.1 Å². The molecule has 3 aromatic carbocycles. The van der Waals surface area contributed by atoms with E-state index in [4.69, 9.17) is 0 Å². The molecule has 0 radical (unpaired) electrons. The first-order chi connectivity index (χ1) is 19.6. The lowest BCUT2D eigenvalue weighted by Crippen LogP contribution is -2.38. The summed E-state index contributed by atoms with van der Waals surface area (Å²) in [5, 5.41) is 5.92. The lowest BCUT2D eigenvalue weighted by molar-refractivity contribution is -0.175. The number of esters is 1. The molecule has 1 N–H and O–H groups in total. The third kappa shape index (κ3) is 5.50. The molecule has 41 heavy (non-hydrogen) atoms. The van der Waals surface area contributed by atoms with Crippen LogP contribution < -0.4 is 5.56 Å². The van der Waals surface area contributed by atoms with E-state index in [1.165, 1.54) is 25.1 Å². The number of halogens is 3. The van der Waals surface area contributed by atoms with Crippen molar-refractivity contribution < 1.29 is 27.5 Å². The lowest BCUT2D eigenvalue weighted by atomic mass is 9.91. The fourth-order valence-electron chi connectivity index (χ4n) is 4.98. The molecule has 0 fully saturated rings. The molecular formula is C31H26F3N3O4. The highest BCUT2D eigenvalue weighted by Crippen LogP contribution is 2.38. The lowest BCUT2D eigenvalue weighted by Gasteiger charge is -2.24. The molecule has 1 aliphatic heterocycles. The number of nitrogens with one attached hydrogen (secondary N) is 1. The van der Waals surface area contributed by atoms with E-state index in [0.717, 1.165) is 10.6 Å². The molecule has 210 valence electrons. The van der Waals surface area contributed by atoms with Gasteiger partial charge in [-0.15, -0.1) is 0 Å². The molecule has 2 heterocycles. The molecule has 5 rings (SSSR count). The summed E-state index contributed by atoms with van der Waals surface area (Å²) >= 11 is 0. The minimum Gasteiger partial charge on any atom is -0.462 e. The number of aryl methyl sites for hydroxylation is 1. The number of hydrogen-bond donors (Lipinski definition) is 1. The summed E-state index contributed by atoms with van der Waals surface area (Å²) in [6.45, 7) is 2.99. The van der Waals surface area contributed by atoms with E-state index in [1.807, 2.05) is 19.1 Å². The summed E-state index contributed by atoms with van der Waals surface area (Å²) in [6.07, 6.45) is -1.45. The van der Waals surface area contributed by atoms with Crippen LogP contribution in [0.25, 0.3) is 22.0 Å². The molecule has 1 unspecified atom stereocenters. The molecular weight excluding hydrogens is 535 g/mol. The van der Waals surface area contributed by atoms with Crippen LogP contribution in [0.2, 0.25) is 0 Å². The Bertz CT molecular complexity index is 1730. The van der Waals surface area contributed by atoms with E-state index in [2.05, 4.69) is 14.8 Å². The number of carbonyl (C=O) groups is 2. The van der Waals surface area contributed by atoms with Gasteiger partial charge in [0.1, 0.15) is 12.2 Å². The predicted molar refractivity (Wildman–Crippen MR) is 148 cm³/mol. The molecule has 0 spiro atoms. The van der Waals surface area contributed by atoms with Crippen molar-refractivity contribution in [2.45, 2.75) is 38.7 Å². The maximum absolute atomic E-state index is 14.6. The van der Waals surface area contributed by atoms with Crippen molar-refractivity contribution >= 4 is 28.5 Å². The number of H-pyrrole nitrogens is 1. The number of benzene rings is 3. The Morgan fingerprint density at radius 3 is 2.49 bits per heavy atom. The number of ether oxygens (including phenoxy) is 1. The van der Waals surface area contributed by atoms with Crippen LogP contribution in [0.3, 0.4) is 0 Å². The van der Waals surface area contributed by atoms with Crippen molar-refractivity contribution in [1.82, 2.24) is 9.99 Å². The van der Waals surface area contributed by atoms with Crippen molar-refractivity contribution in [3.63, 3.8) is 0 Å². The number of amides is 1. The monoisotopic (exact) mass is 561 g/mol. The van der Waals surface area contributed by atoms with E-state index in [9.17, 15) is 27.6 Å². The van der Waals surface area contributed by atoms with Crippen molar-refractivity contribution in [2.75, 3.05) is 6.61 Å². The smallest absolute Gasteiger partial charge is 0.377 e. The summed E-state index contributed by atoms with van der Waals surface area (Å²) in [6, 6.07) is 19.0. The van der Waals surface area contributed by atoms with Gasteiger partial charge in [-0.1, -0.05) is 60.2 Å². The van der Waals surface area contributed by atoms with Gasteiger partial charge in [-0.25, -0.2) is 14.2 Å². The summed E-state index contributed by atoms with van der Waals surface area (Å²) in [5.74, 6) is -7.51. The number of carbonyl (C=O) groups excluding carboxylic acids is 2. The van der Waals surface area contributed by atoms with E-state index in [1.54, 1.807) is 42.5 Å². The molecule has 1 atom stereocenters. The van der Waals surface area contributed by atoms with Crippen molar-refractivity contribution in [3.05, 3.63) is 106 Å². The van der Waals surface area contributed by atoms with Gasteiger partial charge in [-0.05, 0) is 43.2 Å². The van der Waals surface area contributed by atoms with E-state index in [0.29, 0.717) is 27.6 Å². The standard InChI is InChI=1S/C31H26F3N3O4/c1-3-41-30(40)31(33,34)17-26(38)37-25(19-13-11-18(2)12-14-19)16-24(36-37)28-27(20-7-6-8-21(32)15-20)22-9-4-5-10-23(22)35-29(28)39/h4-15,25H,3,16-17H2,1-2H3,(H,35,39). The number of rotatable bonds is 7. The Kier molecular flexibility index (Phi) is 7.49. The van der Waals surface area contributed by atoms with Crippen LogP contribution in [0.5, 0.6) is 0 Å². The van der Waals surface area contributed by atoms with Crippen molar-refractivity contribution in [3.8, 4) is 11.1 Å². The molecule has 4 aromatic rings. The fourth-order valence-corrected chi connectivity index (χ4v) is 4.98. The molecule has 7 nitrogen and oxygen atoms in total. The third-order valence-electron chi connectivity index (χ3n) is 6.90. The summed E-state index contributed by atoms with van der Waals surface area (Å²) < 4.78 is 48.0. The van der Waals surface area contributed by atoms with Gasteiger partial charge in [0.05, 0.1) is 23.9 Å². The van der Waals surface area contributed by atoms with Crippen molar-refractivity contribution in [1.29, 1.82) is 0 Å². The minimum atomic E-state index is -4.07. The largest absolute Gasteiger partial charge is 0.462 e. The highest BCUT2D eigenvalue weighted by atomic mass is 19.3. The molecule has 0 bridgehead atoms. The Balaban J connectivity index is 1.66. The summed E-state index contributed by atoms with van der Waals surface area (Å²) in [5.41, 5.74) is 2.60. The first kappa shape index (κ1) is 27.8. The van der Waals surface area contributed by atoms with Crippen LogP contribution in [0, 0.1) is 12.7 Å². The Labute approximate surface area is 233 Å². The molecule has 10 heteroatoms. The van der Waals surface area contributed by atoms with Crippen molar-refractivity contribution in [2.24, 2.45) is 5.10 Å². The average Bonchev–Trinajstić information content (AvgIpc) is 3.38. The van der Waals surface area contributed by atoms with E-state index >= 15 is 0 Å². The first-order valence-electron chi connectivity index (χ1n) is 13.0. The zero-order valence-electron chi connectivity index (χ0n) is 22.3. The topological polar surface area (TPSA) is 91.8 Å². The maximum atomic E-state index is 14.6. The highest BCUT2D eigenvalue weighted by Gasteiger charge is 2.46. The van der Waals surface area contributed by atoms with Gasteiger partial charge >= 0.3 is 11.9 Å². The SMILES string of the molecule is CCOC(=O)C(F)(F)CC(=O)N1N=C(c2c(-c3cccc(F)c3)c3ccccc3[nH]c2=O)CC1c1ccc(C)cc1. The van der Waals surface area contributed by atoms with Crippen LogP contribution in [0.15, 0.2) is 82.7 Å². The number of fused-ring (bicyclic) bond motifs is 1. The molecule has 1 aliphatic rings. The molecule has 1 amide bonds. The Morgan fingerprint density at radius 2 is 1.78 bits per heavy atom. The van der Waals surface area contributed by atoms with Crippen LogP contribution in [-0.2, 0) is 14.3 Å². The van der Waals surface area contributed by atoms with Crippen LogP contribution in [0.4, 0.5) is 13.2 Å².